The molecule has 0 fully saturated rings. The van der Waals surface area contributed by atoms with Gasteiger partial charge in [-0.1, -0.05) is 146 Å². The molecule has 0 aliphatic carbocycles. The second-order valence-electron chi connectivity index (χ2n) is 32.0. The van der Waals surface area contributed by atoms with Crippen LogP contribution in [0.5, 0.6) is 34.5 Å². The smallest absolute Gasteiger partial charge is 0.249 e. The van der Waals surface area contributed by atoms with E-state index in [1.54, 1.807) is 0 Å². The number of rotatable bonds is 12. The predicted octanol–water partition coefficient (Wildman–Crippen LogP) is 17.6. The number of imidazole rings is 6. The molecule has 0 saturated carbocycles. The molecule has 0 bridgehead atoms. The van der Waals surface area contributed by atoms with E-state index in [0.29, 0.717) is 17.2 Å². The van der Waals surface area contributed by atoms with E-state index in [9.17, 15) is 0 Å². The molecular weight excluding hydrogens is 1720 g/mol. The van der Waals surface area contributed by atoms with Crippen LogP contribution in [0, 0.1) is 60.0 Å². The van der Waals surface area contributed by atoms with Gasteiger partial charge in [0.1, 0.15) is 46.3 Å². The largest absolute Gasteiger partial charge is 1.00 e. The van der Waals surface area contributed by atoms with Crippen LogP contribution in [-0.2, 0) is 51.4 Å². The topological polar surface area (TPSA) is 154 Å². The van der Waals surface area contributed by atoms with Crippen molar-refractivity contribution in [2.75, 3.05) is 0 Å². The first-order valence-corrected chi connectivity index (χ1v) is 38.0. The molecule has 20 heteroatoms. The van der Waals surface area contributed by atoms with Gasteiger partial charge in [0.05, 0.1) is 87.4 Å². The molecule has 12 aromatic heterocycles. The molecule has 0 amide bonds. The van der Waals surface area contributed by atoms with Crippen LogP contribution in [0.15, 0.2) is 238 Å². The monoisotopic (exact) mass is 1810 g/mol. The standard InChI is InChI=1S/C32H32N5O.C32H29N5O.C31H29N5O.HI.Pt/c2*1-21-22(2)37-30(27-16-23(14-15-33-27)32(3,4)5)18-26(19-31(37)34-21)38-25-11-9-10-24(17-25)36-20-35(6)28-12-7-8-13-29(28)36;1-20-21(2)36-29(27-15-22(13-14-32-27)31(3,4)5)17-25(18-30(36)34-20)37-24-10-8-9-23(16-24)35-19-33-26-11-6-7-12-28(26)35;;/h7-20H,1-6H3;7-16,19H,1-6H3;6-19H,1-5H3;1H;/q+1;-2;;;/p-1. The number of benzene rings is 6. The van der Waals surface area contributed by atoms with Crippen molar-refractivity contribution in [2.24, 2.45) is 14.1 Å². The first kappa shape index (κ1) is 79.7. The third-order valence-corrected chi connectivity index (χ3v) is 20.9. The molecule has 0 spiro atoms. The van der Waals surface area contributed by atoms with Crippen molar-refractivity contribution in [1.29, 1.82) is 0 Å². The van der Waals surface area contributed by atoms with Crippen molar-refractivity contribution in [1.82, 2.24) is 61.8 Å². The van der Waals surface area contributed by atoms with Crippen molar-refractivity contribution in [2.45, 2.75) is 120 Å². The van der Waals surface area contributed by atoms with Crippen LogP contribution >= 0.6 is 0 Å². The molecule has 6 aromatic carbocycles. The molecule has 0 atom stereocenters. The van der Waals surface area contributed by atoms with E-state index in [2.05, 4.69) is 256 Å². The van der Waals surface area contributed by atoms with Crippen LogP contribution in [0.25, 0.3) is 101 Å². The van der Waals surface area contributed by atoms with E-state index in [4.69, 9.17) is 44.1 Å². The zero-order chi connectivity index (χ0) is 78.9. The molecule has 0 aliphatic heterocycles. The Labute approximate surface area is 701 Å². The van der Waals surface area contributed by atoms with E-state index >= 15 is 0 Å². The van der Waals surface area contributed by atoms with Gasteiger partial charge in [-0.2, -0.15) is 16.7 Å². The van der Waals surface area contributed by atoms with E-state index in [0.717, 1.165) is 147 Å². The Morgan fingerprint density at radius 1 is 0.400 bits per heavy atom. The molecule has 18 rings (SSSR count). The SMILES string of the molecule is Cc1nc2cc(Oc3[c-]c(-[n+]4[c-]n(C)c5ccccc54)ccc3)[c-]c(-c3cc(C(C)(C)C)ccn3)n2c1C.Cc1nc2cc(Oc3cccc(-n4c[n+](C)c5ccccc54)c3)cc(-c3cc(C(C)(C)C)ccn3)n2c1C.Cc1nc2cc(Oc3cccc(-n4cnc5ccccc54)c3)cc(-c3cc(C(C)(C)C)ccn3)n2c1C.[I-].[Pt]. The summed E-state index contributed by atoms with van der Waals surface area (Å²) >= 11 is 0. The van der Waals surface area contributed by atoms with Crippen LogP contribution in [0.4, 0.5) is 0 Å². The Morgan fingerprint density at radius 2 is 0.870 bits per heavy atom. The molecule has 0 unspecified atom stereocenters. The summed E-state index contributed by atoms with van der Waals surface area (Å²) in [7, 11) is 4.05. The molecule has 18 nitrogen and oxygen atoms in total. The zero-order valence-electron chi connectivity index (χ0n) is 67.6. The summed E-state index contributed by atoms with van der Waals surface area (Å²) in [4.78, 5) is 33.1. The van der Waals surface area contributed by atoms with Crippen LogP contribution in [0.3, 0.4) is 0 Å². The average molecular weight is 1810 g/mol. The van der Waals surface area contributed by atoms with Gasteiger partial charge in [-0.3, -0.25) is 23.3 Å². The fourth-order valence-corrected chi connectivity index (χ4v) is 14.4. The summed E-state index contributed by atoms with van der Waals surface area (Å²) < 4.78 is 36.0. The van der Waals surface area contributed by atoms with E-state index in [-0.39, 0.29) is 61.3 Å². The number of aryl methyl sites for hydroxylation is 8. The molecule has 0 saturated heterocycles. The number of fused-ring (bicyclic) bond motifs is 6. The Balaban J connectivity index is 0.000000141. The molecule has 18 aromatic rings. The molecule has 115 heavy (non-hydrogen) atoms. The number of halogens is 1. The maximum atomic E-state index is 6.48. The van der Waals surface area contributed by atoms with Crippen LogP contribution in [0.2, 0.25) is 0 Å². The van der Waals surface area contributed by atoms with E-state index < -0.39 is 0 Å². The summed E-state index contributed by atoms with van der Waals surface area (Å²) in [6, 6.07) is 76.3. The first-order valence-electron chi connectivity index (χ1n) is 38.0. The van der Waals surface area contributed by atoms with Gasteiger partial charge in [0.2, 0.25) is 12.7 Å². The van der Waals surface area contributed by atoms with Crippen molar-refractivity contribution in [3.8, 4) is 85.7 Å². The minimum atomic E-state index is -0.00346. The average Bonchev–Trinajstić information content (AvgIpc) is 1.64. The third kappa shape index (κ3) is 16.1. The third-order valence-electron chi connectivity index (χ3n) is 20.9. The van der Waals surface area contributed by atoms with Crippen molar-refractivity contribution in [3.63, 3.8) is 0 Å². The van der Waals surface area contributed by atoms with Crippen LogP contribution in [0.1, 0.15) is 113 Å². The van der Waals surface area contributed by atoms with Crippen molar-refractivity contribution < 1.29 is 68.4 Å². The van der Waals surface area contributed by atoms with Gasteiger partial charge in [0.15, 0.2) is 11.0 Å². The molecule has 0 N–H and O–H groups in total. The number of hydrogen-bond acceptors (Lipinski definition) is 10. The van der Waals surface area contributed by atoms with Crippen molar-refractivity contribution >= 4 is 50.0 Å². The summed E-state index contributed by atoms with van der Waals surface area (Å²) in [5.74, 6) is 4.07. The Morgan fingerprint density at radius 3 is 1.43 bits per heavy atom. The normalized spacial score (nSPS) is 11.7. The number of ether oxygens (including phenoxy) is 3. The maximum absolute atomic E-state index is 6.48. The Bertz CT molecular complexity index is 6430. The number of nitrogens with zero attached hydrogens (tertiary/aromatic N) is 15. The zero-order valence-corrected chi connectivity index (χ0v) is 72.1. The Hall–Kier alpha value is -11.9. The molecule has 582 valence electrons. The second-order valence-corrected chi connectivity index (χ2v) is 32.0. The van der Waals surface area contributed by atoms with Gasteiger partial charge in [-0.05, 0) is 159 Å². The molecule has 0 aliphatic rings. The summed E-state index contributed by atoms with van der Waals surface area (Å²) in [5, 5.41) is 0. The fraction of sp³-hybridized carbons (Fsp3) is 0.211. The molecule has 12 heterocycles. The number of aromatic nitrogens is 15. The van der Waals surface area contributed by atoms with Crippen LogP contribution in [-0.4, -0.2) is 61.8 Å². The van der Waals surface area contributed by atoms with Gasteiger partial charge in [0, 0.05) is 105 Å². The quantitative estimate of drug-likeness (QED) is 0.0656. The van der Waals surface area contributed by atoms with Crippen molar-refractivity contribution in [3.05, 3.63) is 307 Å². The minimum Gasteiger partial charge on any atom is -1.00 e. The number of para-hydroxylation sites is 6. The molecule has 0 radical (unpaired) electrons. The van der Waals surface area contributed by atoms with Crippen LogP contribution < -0.4 is 47.3 Å². The van der Waals surface area contributed by atoms with Gasteiger partial charge in [-0.25, -0.2) is 24.5 Å². The summed E-state index contributed by atoms with van der Waals surface area (Å²) in [6.07, 6.45) is 12.9. The van der Waals surface area contributed by atoms with E-state index in [1.807, 2.05) is 159 Å². The maximum Gasteiger partial charge on any atom is 0.249 e. The van der Waals surface area contributed by atoms with Gasteiger partial charge in [-0.15, -0.1) is 18.2 Å². The molecular formula is C95H90IN15O3Pt-2. The Kier molecular flexibility index (Phi) is 22.0. The fourth-order valence-electron chi connectivity index (χ4n) is 14.4. The second kappa shape index (κ2) is 31.8. The number of pyridine rings is 6. The summed E-state index contributed by atoms with van der Waals surface area (Å²) in [6.45, 7) is 32.2. The number of hydrogen-bond donors (Lipinski definition) is 0. The minimum absolute atomic E-state index is 0. The summed E-state index contributed by atoms with van der Waals surface area (Å²) in [5.41, 5.74) is 27.0. The van der Waals surface area contributed by atoms with Gasteiger partial charge >= 0.3 is 0 Å². The van der Waals surface area contributed by atoms with Gasteiger partial charge < -0.3 is 56.7 Å². The van der Waals surface area contributed by atoms with Gasteiger partial charge in [0.25, 0.3) is 0 Å². The predicted molar refractivity (Wildman–Crippen MR) is 446 cm³/mol. The first-order chi connectivity index (χ1) is 54.1. The van der Waals surface area contributed by atoms with E-state index in [1.165, 1.54) is 22.2 Å².